The molecule has 1 fully saturated rings. The number of aryl methyl sites for hydroxylation is 1. The Hall–Kier alpha value is -2.94. The smallest absolute Gasteiger partial charge is 0.306 e. The summed E-state index contributed by atoms with van der Waals surface area (Å²) in [5.74, 6) is -1.04. The number of carbonyl (C=O) groups is 1. The van der Waals surface area contributed by atoms with E-state index in [-0.39, 0.29) is 12.8 Å². The Balaban J connectivity index is 1.55. The number of benzene rings is 1. The van der Waals surface area contributed by atoms with Crippen LogP contribution in [0.3, 0.4) is 0 Å². The summed E-state index contributed by atoms with van der Waals surface area (Å²) in [5.41, 5.74) is 1.30. The zero-order valence-electron chi connectivity index (χ0n) is 16.9. The molecule has 0 unspecified atom stereocenters. The molecule has 1 aromatic carbocycles. The first-order chi connectivity index (χ1) is 14.9. The molecule has 0 amide bonds. The number of nitrogens with zero attached hydrogens (tertiary/aromatic N) is 3. The van der Waals surface area contributed by atoms with Gasteiger partial charge in [0, 0.05) is 18.1 Å². The fraction of sp³-hybridized carbons (Fsp3) is 0.364. The van der Waals surface area contributed by atoms with Gasteiger partial charge in [-0.05, 0) is 61.9 Å². The fourth-order valence-corrected chi connectivity index (χ4v) is 4.85. The van der Waals surface area contributed by atoms with Crippen molar-refractivity contribution in [1.82, 2.24) is 15.0 Å². The summed E-state index contributed by atoms with van der Waals surface area (Å²) in [6, 6.07) is 7.30. The van der Waals surface area contributed by atoms with Crippen molar-refractivity contribution in [3.63, 3.8) is 0 Å². The number of carboxylic acids is 1. The van der Waals surface area contributed by atoms with E-state index < -0.39 is 24.2 Å². The number of hydrogen-bond donors (Lipinski definition) is 2. The second kappa shape index (κ2) is 8.66. The highest BCUT2D eigenvalue weighted by Gasteiger charge is 2.41. The monoisotopic (exact) mass is 444 g/mol. The average molecular weight is 445 g/mol. The van der Waals surface area contributed by atoms with E-state index in [1.807, 2.05) is 25.1 Å². The third-order valence-corrected chi connectivity index (χ3v) is 6.71. The maximum atomic E-state index is 15.5. The van der Waals surface area contributed by atoms with Gasteiger partial charge in [0.25, 0.3) is 0 Å². The van der Waals surface area contributed by atoms with Gasteiger partial charge in [0.1, 0.15) is 11.7 Å². The van der Waals surface area contributed by atoms with Gasteiger partial charge in [0.15, 0.2) is 5.67 Å². The Morgan fingerprint density at radius 2 is 2.06 bits per heavy atom. The Bertz CT molecular complexity index is 1100. The van der Waals surface area contributed by atoms with E-state index in [2.05, 4.69) is 20.3 Å². The molecule has 1 aliphatic rings. The number of aromatic nitrogens is 3. The zero-order valence-corrected chi connectivity index (χ0v) is 17.8. The summed E-state index contributed by atoms with van der Waals surface area (Å²) in [6.45, 7) is 1.28. The molecule has 6 nitrogen and oxygen atoms in total. The van der Waals surface area contributed by atoms with Crippen LogP contribution >= 0.6 is 11.3 Å². The molecule has 1 saturated carbocycles. The molecule has 0 atom stereocenters. The molecule has 0 bridgehead atoms. The first-order valence-electron chi connectivity index (χ1n) is 10.0. The number of rotatable bonds is 6. The average Bonchev–Trinajstić information content (AvgIpc) is 3.25. The number of nitrogens with one attached hydrogen (secondary N) is 1. The molecule has 0 saturated heterocycles. The van der Waals surface area contributed by atoms with Crippen LogP contribution in [0.25, 0.3) is 10.4 Å². The predicted molar refractivity (Wildman–Crippen MR) is 115 cm³/mol. The standard InChI is InChI=1S/C22H22F2N4O2S/c1-13-8-15(10-17(9-13)28-21-25-7-4-16(11-23)27-21)18-12-26-20(31-18)22(24)5-2-14(3-6-22)19(29)30/h4,7-10,12,14H,2-3,5-6,11H2,1H3,(H,29,30)(H,25,27,28). The first kappa shape index (κ1) is 21.3. The van der Waals surface area contributed by atoms with Gasteiger partial charge in [-0.2, -0.15) is 0 Å². The minimum Gasteiger partial charge on any atom is -0.481 e. The summed E-state index contributed by atoms with van der Waals surface area (Å²) >= 11 is 1.29. The molecule has 0 spiro atoms. The van der Waals surface area contributed by atoms with Crippen molar-refractivity contribution in [3.05, 3.63) is 52.9 Å². The Morgan fingerprint density at radius 3 is 2.77 bits per heavy atom. The normalized spacial score (nSPS) is 21.1. The lowest BCUT2D eigenvalue weighted by molar-refractivity contribution is -0.143. The molecular formula is C22H22F2N4O2S. The third-order valence-electron chi connectivity index (χ3n) is 5.48. The summed E-state index contributed by atoms with van der Waals surface area (Å²) in [7, 11) is 0. The summed E-state index contributed by atoms with van der Waals surface area (Å²) in [4.78, 5) is 24.5. The molecule has 2 heterocycles. The maximum absolute atomic E-state index is 15.5. The number of hydrogen-bond acceptors (Lipinski definition) is 6. The van der Waals surface area contributed by atoms with Gasteiger partial charge in [-0.15, -0.1) is 11.3 Å². The zero-order chi connectivity index (χ0) is 22.0. The van der Waals surface area contributed by atoms with Gasteiger partial charge in [0.05, 0.1) is 16.5 Å². The number of thiazole rings is 1. The molecule has 162 valence electrons. The Kier molecular flexibility index (Phi) is 5.95. The highest BCUT2D eigenvalue weighted by Crippen LogP contribution is 2.45. The molecule has 4 rings (SSSR count). The minimum atomic E-state index is -1.58. The molecule has 1 aliphatic carbocycles. The van der Waals surface area contributed by atoms with Crippen LogP contribution in [-0.2, 0) is 17.1 Å². The summed E-state index contributed by atoms with van der Waals surface area (Å²) < 4.78 is 28.3. The first-order valence-corrected chi connectivity index (χ1v) is 10.8. The van der Waals surface area contributed by atoms with E-state index in [0.717, 1.165) is 21.7 Å². The predicted octanol–water partition coefficient (Wildman–Crippen LogP) is 5.56. The molecule has 31 heavy (non-hydrogen) atoms. The number of alkyl halides is 2. The van der Waals surface area contributed by atoms with E-state index in [0.29, 0.717) is 29.5 Å². The molecular weight excluding hydrogens is 422 g/mol. The van der Waals surface area contributed by atoms with E-state index in [1.54, 1.807) is 6.20 Å². The van der Waals surface area contributed by atoms with Crippen LogP contribution in [0.1, 0.15) is 41.9 Å². The topological polar surface area (TPSA) is 88.0 Å². The second-order valence-electron chi connectivity index (χ2n) is 7.83. The van der Waals surface area contributed by atoms with Crippen molar-refractivity contribution in [1.29, 1.82) is 0 Å². The van der Waals surface area contributed by atoms with Crippen molar-refractivity contribution in [2.45, 2.75) is 45.0 Å². The highest BCUT2D eigenvalue weighted by atomic mass is 32.1. The molecule has 0 aliphatic heterocycles. The third kappa shape index (κ3) is 4.71. The Labute approximate surface area is 182 Å². The summed E-state index contributed by atoms with van der Waals surface area (Å²) in [5, 5.41) is 12.6. The summed E-state index contributed by atoms with van der Waals surface area (Å²) in [6.07, 6.45) is 4.12. The van der Waals surface area contributed by atoms with Crippen molar-refractivity contribution >= 4 is 28.9 Å². The van der Waals surface area contributed by atoms with E-state index >= 15 is 4.39 Å². The van der Waals surface area contributed by atoms with Crippen LogP contribution in [0.5, 0.6) is 0 Å². The van der Waals surface area contributed by atoms with Gasteiger partial charge in [-0.1, -0.05) is 6.07 Å². The minimum absolute atomic E-state index is 0.166. The lowest BCUT2D eigenvalue weighted by atomic mass is 9.80. The number of anilines is 2. The van der Waals surface area contributed by atoms with Gasteiger partial charge >= 0.3 is 5.97 Å². The van der Waals surface area contributed by atoms with E-state index in [9.17, 15) is 9.18 Å². The molecule has 2 aromatic heterocycles. The number of carboxylic acid groups (broad SMARTS) is 1. The van der Waals surface area contributed by atoms with Crippen LogP contribution in [0.15, 0.2) is 36.7 Å². The molecule has 9 heteroatoms. The molecule has 3 aromatic rings. The van der Waals surface area contributed by atoms with E-state index in [4.69, 9.17) is 5.11 Å². The van der Waals surface area contributed by atoms with Crippen LogP contribution in [0.4, 0.5) is 20.4 Å². The quantitative estimate of drug-likeness (QED) is 0.517. The Morgan fingerprint density at radius 1 is 1.29 bits per heavy atom. The SMILES string of the molecule is Cc1cc(Nc2nccc(CF)n2)cc(-c2cnc(C3(F)CCC(C(=O)O)CC3)s2)c1. The van der Waals surface area contributed by atoms with Gasteiger partial charge in [-0.25, -0.2) is 23.7 Å². The van der Waals surface area contributed by atoms with Crippen molar-refractivity contribution in [2.75, 3.05) is 5.32 Å². The van der Waals surface area contributed by atoms with Gasteiger partial charge in [-0.3, -0.25) is 4.79 Å². The lowest BCUT2D eigenvalue weighted by Crippen LogP contribution is -2.30. The van der Waals surface area contributed by atoms with Gasteiger partial charge < -0.3 is 10.4 Å². The number of halogens is 2. The maximum Gasteiger partial charge on any atom is 0.306 e. The highest BCUT2D eigenvalue weighted by molar-refractivity contribution is 7.15. The van der Waals surface area contributed by atoms with Crippen LogP contribution in [0.2, 0.25) is 0 Å². The molecule has 0 radical (unpaired) electrons. The number of aliphatic carboxylic acids is 1. The van der Waals surface area contributed by atoms with Crippen molar-refractivity contribution in [2.24, 2.45) is 5.92 Å². The van der Waals surface area contributed by atoms with Gasteiger partial charge in [0.2, 0.25) is 5.95 Å². The second-order valence-corrected chi connectivity index (χ2v) is 8.86. The van der Waals surface area contributed by atoms with E-state index in [1.165, 1.54) is 23.6 Å². The largest absolute Gasteiger partial charge is 0.481 e. The van der Waals surface area contributed by atoms with Crippen LogP contribution in [0, 0.1) is 12.8 Å². The fourth-order valence-electron chi connectivity index (χ4n) is 3.81. The molecule has 2 N–H and O–H groups in total. The van der Waals surface area contributed by atoms with Crippen molar-refractivity contribution in [3.8, 4) is 10.4 Å². The lowest BCUT2D eigenvalue weighted by Gasteiger charge is -2.30. The van der Waals surface area contributed by atoms with Crippen molar-refractivity contribution < 1.29 is 18.7 Å². The van der Waals surface area contributed by atoms with Crippen LogP contribution in [-0.4, -0.2) is 26.0 Å². The van der Waals surface area contributed by atoms with Crippen LogP contribution < -0.4 is 5.32 Å².